The maximum absolute atomic E-state index is 12.2. The van der Waals surface area contributed by atoms with Crippen molar-refractivity contribution in [2.45, 2.75) is 45.4 Å². The summed E-state index contributed by atoms with van der Waals surface area (Å²) in [4.78, 5) is 32.7. The quantitative estimate of drug-likeness (QED) is 0.707. The molecule has 2 saturated heterocycles. The van der Waals surface area contributed by atoms with Crippen LogP contribution in [-0.4, -0.2) is 60.1 Å². The Hall–Kier alpha value is -2.49. The van der Waals surface area contributed by atoms with Crippen molar-refractivity contribution in [3.05, 3.63) is 35.3 Å². The molecule has 1 N–H and O–H groups in total. The van der Waals surface area contributed by atoms with E-state index in [0.29, 0.717) is 17.3 Å². The first-order valence-corrected chi connectivity index (χ1v) is 11.5. The number of carbonyl (C=O) groups is 2. The van der Waals surface area contributed by atoms with E-state index in [4.69, 9.17) is 9.47 Å². The van der Waals surface area contributed by atoms with Gasteiger partial charge in [-0.15, -0.1) is 11.3 Å². The van der Waals surface area contributed by atoms with Crippen molar-refractivity contribution in [1.82, 2.24) is 9.88 Å². The molecule has 2 fully saturated rings. The van der Waals surface area contributed by atoms with Gasteiger partial charge in [0.15, 0.2) is 11.7 Å². The molecule has 2 atom stereocenters. The lowest BCUT2D eigenvalue weighted by molar-refractivity contribution is -0.118. The third kappa shape index (κ3) is 5.81. The van der Waals surface area contributed by atoms with Gasteiger partial charge in [-0.2, -0.15) is 0 Å². The molecule has 166 valence electrons. The average Bonchev–Trinajstić information content (AvgIpc) is 3.35. The summed E-state index contributed by atoms with van der Waals surface area (Å²) < 4.78 is 11.3. The maximum Gasteiger partial charge on any atom is 0.264 e. The van der Waals surface area contributed by atoms with Gasteiger partial charge in [0.25, 0.3) is 5.91 Å². The Kier molecular flexibility index (Phi) is 6.84. The molecule has 2 aliphatic rings. The van der Waals surface area contributed by atoms with Crippen LogP contribution in [0.2, 0.25) is 0 Å². The monoisotopic (exact) mass is 444 g/mol. The molecule has 0 bridgehead atoms. The Bertz CT molecular complexity index is 906. The van der Waals surface area contributed by atoms with Crippen LogP contribution in [0.5, 0.6) is 5.75 Å². The van der Waals surface area contributed by atoms with Crippen LogP contribution in [0.15, 0.2) is 29.6 Å². The number of rotatable bonds is 7. The summed E-state index contributed by atoms with van der Waals surface area (Å²) in [6, 6.07) is 7.24. The Morgan fingerprint density at radius 1 is 1.26 bits per heavy atom. The van der Waals surface area contributed by atoms with Gasteiger partial charge < -0.3 is 14.4 Å². The van der Waals surface area contributed by atoms with Crippen LogP contribution in [0, 0.1) is 0 Å². The number of hydrogen-bond donors (Lipinski definition) is 1. The molecule has 0 spiro atoms. The lowest BCUT2D eigenvalue weighted by Crippen LogP contribution is -2.44. The van der Waals surface area contributed by atoms with Crippen LogP contribution in [0.25, 0.3) is 0 Å². The molecule has 9 heteroatoms. The molecule has 0 aliphatic carbocycles. The van der Waals surface area contributed by atoms with Crippen LogP contribution < -0.4 is 15.0 Å². The van der Waals surface area contributed by atoms with Crippen LogP contribution in [0.1, 0.15) is 32.4 Å². The third-order valence-corrected chi connectivity index (χ3v) is 6.08. The van der Waals surface area contributed by atoms with Gasteiger partial charge in [0.1, 0.15) is 5.75 Å². The predicted molar refractivity (Wildman–Crippen MR) is 120 cm³/mol. The largest absolute Gasteiger partial charge is 0.484 e. The second-order valence-electron chi connectivity index (χ2n) is 8.08. The Balaban J connectivity index is 1.23. The third-order valence-electron chi connectivity index (χ3n) is 5.27. The highest BCUT2D eigenvalue weighted by Gasteiger charge is 2.23. The molecular formula is C22H28N4O4S. The van der Waals surface area contributed by atoms with E-state index in [1.54, 1.807) is 17.0 Å². The zero-order valence-corrected chi connectivity index (χ0v) is 18.7. The number of anilines is 2. The van der Waals surface area contributed by atoms with E-state index >= 15 is 0 Å². The van der Waals surface area contributed by atoms with Gasteiger partial charge in [-0.3, -0.25) is 19.8 Å². The lowest BCUT2D eigenvalue weighted by atomic mass is 10.2. The zero-order chi connectivity index (χ0) is 21.8. The van der Waals surface area contributed by atoms with Gasteiger partial charge in [0.2, 0.25) is 5.91 Å². The fraction of sp³-hybridized carbons (Fsp3) is 0.500. The summed E-state index contributed by atoms with van der Waals surface area (Å²) in [6.45, 7) is 7.30. The standard InChI is InChI=1S/C22H28N4O4S/c1-15-10-25(11-16(2)30-15)12-17-14-31-22(23-17)24-20(27)13-29-19-7-5-18(6-8-19)26-9-3-4-21(26)28/h5-8,14-16H,3-4,9-13H2,1-2H3,(H,23,24,27). The van der Waals surface area contributed by atoms with E-state index in [9.17, 15) is 9.59 Å². The molecule has 31 heavy (non-hydrogen) atoms. The van der Waals surface area contributed by atoms with Crippen LogP contribution in [0.4, 0.5) is 10.8 Å². The van der Waals surface area contributed by atoms with E-state index in [1.807, 2.05) is 17.5 Å². The van der Waals surface area contributed by atoms with Gasteiger partial charge in [-0.1, -0.05) is 0 Å². The molecule has 1 aromatic carbocycles. The first kappa shape index (κ1) is 21.7. The minimum atomic E-state index is -0.256. The molecule has 2 unspecified atom stereocenters. The van der Waals surface area contributed by atoms with E-state index < -0.39 is 0 Å². The summed E-state index contributed by atoms with van der Waals surface area (Å²) in [7, 11) is 0. The summed E-state index contributed by atoms with van der Waals surface area (Å²) in [6.07, 6.45) is 1.91. The number of ether oxygens (including phenoxy) is 2. The van der Waals surface area contributed by atoms with E-state index in [1.165, 1.54) is 11.3 Å². The van der Waals surface area contributed by atoms with E-state index in [2.05, 4.69) is 29.0 Å². The number of benzene rings is 1. The number of carbonyl (C=O) groups excluding carboxylic acids is 2. The Morgan fingerprint density at radius 3 is 2.68 bits per heavy atom. The first-order chi connectivity index (χ1) is 15.0. The number of nitrogens with one attached hydrogen (secondary N) is 1. The molecule has 8 nitrogen and oxygen atoms in total. The van der Waals surface area contributed by atoms with Gasteiger partial charge in [0.05, 0.1) is 17.9 Å². The molecule has 4 rings (SSSR count). The van der Waals surface area contributed by atoms with Crippen LogP contribution in [-0.2, 0) is 20.9 Å². The van der Waals surface area contributed by atoms with E-state index in [0.717, 1.165) is 44.0 Å². The molecular weight excluding hydrogens is 416 g/mol. The van der Waals surface area contributed by atoms with Gasteiger partial charge >= 0.3 is 0 Å². The smallest absolute Gasteiger partial charge is 0.264 e. The fourth-order valence-corrected chi connectivity index (χ4v) is 4.74. The molecule has 1 aromatic heterocycles. The number of amides is 2. The lowest BCUT2D eigenvalue weighted by Gasteiger charge is -2.34. The van der Waals surface area contributed by atoms with Crippen molar-refractivity contribution in [3.63, 3.8) is 0 Å². The molecule has 0 radical (unpaired) electrons. The van der Waals surface area contributed by atoms with Crippen molar-refractivity contribution < 1.29 is 19.1 Å². The number of hydrogen-bond acceptors (Lipinski definition) is 7. The Morgan fingerprint density at radius 2 is 2.00 bits per heavy atom. The van der Waals surface area contributed by atoms with Gasteiger partial charge in [0, 0.05) is 43.7 Å². The number of aromatic nitrogens is 1. The molecule has 2 aromatic rings. The van der Waals surface area contributed by atoms with Gasteiger partial charge in [-0.25, -0.2) is 4.98 Å². The number of nitrogens with zero attached hydrogens (tertiary/aromatic N) is 3. The number of thiazole rings is 1. The zero-order valence-electron chi connectivity index (χ0n) is 17.9. The second-order valence-corrected chi connectivity index (χ2v) is 8.93. The number of morpholine rings is 1. The molecule has 3 heterocycles. The Labute approximate surface area is 186 Å². The SMILES string of the molecule is CC1CN(Cc2csc(NC(=O)COc3ccc(N4CCCC4=O)cc3)n2)CC(C)O1. The molecule has 0 saturated carbocycles. The average molecular weight is 445 g/mol. The molecule has 2 aliphatic heterocycles. The van der Waals surface area contributed by atoms with Crippen LogP contribution >= 0.6 is 11.3 Å². The van der Waals surface area contributed by atoms with Crippen molar-refractivity contribution >= 4 is 34.0 Å². The van der Waals surface area contributed by atoms with Crippen molar-refractivity contribution in [2.75, 3.05) is 36.5 Å². The van der Waals surface area contributed by atoms with Crippen molar-refractivity contribution in [3.8, 4) is 5.75 Å². The predicted octanol–water partition coefficient (Wildman–Crippen LogP) is 2.90. The normalized spacial score (nSPS) is 22.0. The minimum absolute atomic E-state index is 0.102. The summed E-state index contributed by atoms with van der Waals surface area (Å²) >= 11 is 1.41. The highest BCUT2D eigenvalue weighted by molar-refractivity contribution is 7.13. The van der Waals surface area contributed by atoms with Gasteiger partial charge in [-0.05, 0) is 44.5 Å². The fourth-order valence-electron chi connectivity index (χ4n) is 4.03. The molecule has 2 amide bonds. The highest BCUT2D eigenvalue weighted by atomic mass is 32.1. The van der Waals surface area contributed by atoms with Crippen molar-refractivity contribution in [2.24, 2.45) is 0 Å². The minimum Gasteiger partial charge on any atom is -0.484 e. The first-order valence-electron chi connectivity index (χ1n) is 10.6. The summed E-state index contributed by atoms with van der Waals surface area (Å²) in [5, 5.41) is 5.34. The van der Waals surface area contributed by atoms with Crippen LogP contribution in [0.3, 0.4) is 0 Å². The van der Waals surface area contributed by atoms with Crippen molar-refractivity contribution in [1.29, 1.82) is 0 Å². The summed E-state index contributed by atoms with van der Waals surface area (Å²) in [5.74, 6) is 0.475. The maximum atomic E-state index is 12.2. The highest BCUT2D eigenvalue weighted by Crippen LogP contribution is 2.24. The topological polar surface area (TPSA) is 84.0 Å². The summed E-state index contributed by atoms with van der Waals surface area (Å²) in [5.41, 5.74) is 1.80. The van der Waals surface area contributed by atoms with E-state index in [-0.39, 0.29) is 30.6 Å². The second kappa shape index (κ2) is 9.76.